The standard InChI is InChI=1S/C52H33NOS/c1-3-13-34(14-4-1)38-28-31-40(45(33-38)35-15-5-2-6-16-35)37-25-29-39(30-26-37)53(47-22-11-20-43-42-19-9-10-24-49(42)55-52(43)47)46-21-12-23-48-50(46)44-32-27-36-17-7-8-18-41(36)51(44)54-48/h1-33H. The molecule has 2 heterocycles. The number of hydrogen-bond donors (Lipinski definition) is 0. The Morgan fingerprint density at radius 1 is 0.400 bits per heavy atom. The highest BCUT2D eigenvalue weighted by Crippen LogP contribution is 2.49. The minimum atomic E-state index is 0.875. The van der Waals surface area contributed by atoms with Gasteiger partial charge >= 0.3 is 0 Å². The van der Waals surface area contributed by atoms with Crippen LogP contribution in [-0.2, 0) is 0 Å². The Kier molecular flexibility index (Phi) is 7.39. The first-order valence-corrected chi connectivity index (χ1v) is 19.5. The van der Waals surface area contributed by atoms with Crippen molar-refractivity contribution in [2.24, 2.45) is 0 Å². The SMILES string of the molecule is c1ccc(-c2ccc(-c3ccc(N(c4cccc5c4sc4ccccc45)c4cccc5oc6c7ccccc7ccc6c45)cc3)c(-c3ccccc3)c2)cc1. The van der Waals surface area contributed by atoms with E-state index >= 15 is 0 Å². The summed E-state index contributed by atoms with van der Waals surface area (Å²) in [7, 11) is 0. The number of rotatable bonds is 6. The molecule has 0 aliphatic heterocycles. The van der Waals surface area contributed by atoms with Crippen LogP contribution in [0.25, 0.3) is 86.3 Å². The van der Waals surface area contributed by atoms with E-state index in [0.29, 0.717) is 0 Å². The molecule has 258 valence electrons. The predicted molar refractivity (Wildman–Crippen MR) is 235 cm³/mol. The second kappa shape index (κ2) is 12.9. The third kappa shape index (κ3) is 5.24. The van der Waals surface area contributed by atoms with E-state index in [1.807, 2.05) is 11.3 Å². The predicted octanol–water partition coefficient (Wildman–Crippen LogP) is 15.6. The number of furan rings is 1. The number of hydrogen-bond acceptors (Lipinski definition) is 3. The van der Waals surface area contributed by atoms with Crippen LogP contribution in [-0.4, -0.2) is 0 Å². The molecule has 2 aromatic heterocycles. The number of fused-ring (bicyclic) bond motifs is 8. The van der Waals surface area contributed by atoms with Gasteiger partial charge in [-0.1, -0.05) is 152 Å². The van der Waals surface area contributed by atoms with Crippen molar-refractivity contribution in [1.29, 1.82) is 0 Å². The molecule has 0 aliphatic carbocycles. The van der Waals surface area contributed by atoms with Gasteiger partial charge in [0.15, 0.2) is 0 Å². The van der Waals surface area contributed by atoms with E-state index < -0.39 is 0 Å². The molecule has 2 nitrogen and oxygen atoms in total. The highest BCUT2D eigenvalue weighted by molar-refractivity contribution is 7.26. The minimum Gasteiger partial charge on any atom is -0.455 e. The average molecular weight is 720 g/mol. The van der Waals surface area contributed by atoms with Gasteiger partial charge in [0.2, 0.25) is 0 Å². The molecule has 0 saturated carbocycles. The van der Waals surface area contributed by atoms with Crippen LogP contribution < -0.4 is 4.90 Å². The van der Waals surface area contributed by atoms with Gasteiger partial charge in [-0.15, -0.1) is 11.3 Å². The summed E-state index contributed by atoms with van der Waals surface area (Å²) in [6.45, 7) is 0. The number of anilines is 3. The Balaban J connectivity index is 1.13. The van der Waals surface area contributed by atoms with Gasteiger partial charge in [0.25, 0.3) is 0 Å². The lowest BCUT2D eigenvalue weighted by atomic mass is 9.91. The maximum absolute atomic E-state index is 6.71. The molecule has 3 heteroatoms. The third-order valence-corrected chi connectivity index (χ3v) is 12.1. The molecule has 9 aromatic carbocycles. The fraction of sp³-hybridized carbons (Fsp3) is 0. The van der Waals surface area contributed by atoms with E-state index in [9.17, 15) is 0 Å². The molecule has 0 bridgehead atoms. The molecule has 0 atom stereocenters. The zero-order valence-electron chi connectivity index (χ0n) is 29.8. The molecule has 11 aromatic rings. The normalized spacial score (nSPS) is 11.6. The van der Waals surface area contributed by atoms with Crippen LogP contribution >= 0.6 is 11.3 Å². The van der Waals surface area contributed by atoms with E-state index in [1.54, 1.807) is 0 Å². The fourth-order valence-corrected chi connectivity index (χ4v) is 9.50. The van der Waals surface area contributed by atoms with Crippen molar-refractivity contribution < 1.29 is 4.42 Å². The van der Waals surface area contributed by atoms with Gasteiger partial charge in [0, 0.05) is 31.9 Å². The Morgan fingerprint density at radius 2 is 1.05 bits per heavy atom. The molecule has 0 N–H and O–H groups in total. The summed E-state index contributed by atoms with van der Waals surface area (Å²) in [6, 6.07) is 72.1. The van der Waals surface area contributed by atoms with Crippen molar-refractivity contribution in [3.05, 3.63) is 200 Å². The van der Waals surface area contributed by atoms with Crippen molar-refractivity contribution >= 4 is 81.3 Å². The van der Waals surface area contributed by atoms with Crippen LogP contribution in [0.1, 0.15) is 0 Å². The van der Waals surface area contributed by atoms with Crippen molar-refractivity contribution in [1.82, 2.24) is 0 Å². The number of benzene rings is 9. The van der Waals surface area contributed by atoms with Crippen molar-refractivity contribution in [3.8, 4) is 33.4 Å². The third-order valence-electron chi connectivity index (χ3n) is 10.9. The van der Waals surface area contributed by atoms with Crippen LogP contribution in [0.15, 0.2) is 205 Å². The molecule has 0 radical (unpaired) electrons. The van der Waals surface area contributed by atoms with Crippen LogP contribution in [0.3, 0.4) is 0 Å². The zero-order chi connectivity index (χ0) is 36.3. The van der Waals surface area contributed by atoms with Gasteiger partial charge in [0.05, 0.1) is 21.5 Å². The van der Waals surface area contributed by atoms with Gasteiger partial charge in [-0.05, 0) is 87.3 Å². The molecule has 0 spiro atoms. The number of nitrogens with zero attached hydrogens (tertiary/aromatic N) is 1. The quantitative estimate of drug-likeness (QED) is 0.170. The van der Waals surface area contributed by atoms with Crippen molar-refractivity contribution in [3.63, 3.8) is 0 Å². The Hall–Kier alpha value is -6.94. The molecule has 11 rings (SSSR count). The van der Waals surface area contributed by atoms with Gasteiger partial charge in [-0.2, -0.15) is 0 Å². The lowest BCUT2D eigenvalue weighted by Gasteiger charge is -2.27. The van der Waals surface area contributed by atoms with Crippen LogP contribution in [0.5, 0.6) is 0 Å². The van der Waals surface area contributed by atoms with E-state index in [0.717, 1.165) is 44.4 Å². The Labute approximate surface area is 322 Å². The first-order valence-electron chi connectivity index (χ1n) is 18.7. The minimum absolute atomic E-state index is 0.875. The second-order valence-corrected chi connectivity index (χ2v) is 15.1. The van der Waals surface area contributed by atoms with E-state index in [4.69, 9.17) is 4.42 Å². The largest absolute Gasteiger partial charge is 0.455 e. The molecular weight excluding hydrogens is 687 g/mol. The summed E-state index contributed by atoms with van der Waals surface area (Å²) in [5.41, 5.74) is 12.3. The van der Waals surface area contributed by atoms with Gasteiger partial charge in [0.1, 0.15) is 11.2 Å². The highest BCUT2D eigenvalue weighted by Gasteiger charge is 2.23. The Bertz CT molecular complexity index is 3190. The maximum atomic E-state index is 6.71. The Morgan fingerprint density at radius 3 is 1.89 bits per heavy atom. The topological polar surface area (TPSA) is 16.4 Å². The molecule has 0 aliphatic rings. The summed E-state index contributed by atoms with van der Waals surface area (Å²) in [5.74, 6) is 0. The van der Waals surface area contributed by atoms with E-state index in [1.165, 1.54) is 58.9 Å². The van der Waals surface area contributed by atoms with Crippen LogP contribution in [0.2, 0.25) is 0 Å². The lowest BCUT2D eigenvalue weighted by Crippen LogP contribution is -2.10. The smallest absolute Gasteiger partial charge is 0.143 e. The zero-order valence-corrected chi connectivity index (χ0v) is 30.6. The van der Waals surface area contributed by atoms with Crippen LogP contribution in [0, 0.1) is 0 Å². The molecular formula is C52H33NOS. The van der Waals surface area contributed by atoms with Crippen molar-refractivity contribution in [2.45, 2.75) is 0 Å². The highest BCUT2D eigenvalue weighted by atomic mass is 32.1. The summed E-state index contributed by atoms with van der Waals surface area (Å²) >= 11 is 1.85. The van der Waals surface area contributed by atoms with Gasteiger partial charge in [-0.3, -0.25) is 0 Å². The summed E-state index contributed by atoms with van der Waals surface area (Å²) in [5, 5.41) is 7.06. The molecule has 0 fully saturated rings. The molecule has 0 saturated heterocycles. The monoisotopic (exact) mass is 719 g/mol. The molecule has 0 unspecified atom stereocenters. The van der Waals surface area contributed by atoms with Gasteiger partial charge < -0.3 is 9.32 Å². The van der Waals surface area contributed by atoms with Gasteiger partial charge in [-0.25, -0.2) is 0 Å². The summed E-state index contributed by atoms with van der Waals surface area (Å²) < 4.78 is 9.25. The first-order chi connectivity index (χ1) is 27.3. The van der Waals surface area contributed by atoms with E-state index in [2.05, 4.69) is 205 Å². The maximum Gasteiger partial charge on any atom is 0.143 e. The second-order valence-electron chi connectivity index (χ2n) is 14.0. The lowest BCUT2D eigenvalue weighted by molar-refractivity contribution is 0.672. The number of thiophene rings is 1. The first kappa shape index (κ1) is 31.6. The molecule has 55 heavy (non-hydrogen) atoms. The van der Waals surface area contributed by atoms with Crippen LogP contribution in [0.4, 0.5) is 17.1 Å². The summed E-state index contributed by atoms with van der Waals surface area (Å²) in [4.78, 5) is 2.44. The molecule has 0 amide bonds. The average Bonchev–Trinajstić information content (AvgIpc) is 3.84. The van der Waals surface area contributed by atoms with E-state index in [-0.39, 0.29) is 0 Å². The summed E-state index contributed by atoms with van der Waals surface area (Å²) in [6.07, 6.45) is 0. The van der Waals surface area contributed by atoms with Crippen molar-refractivity contribution in [2.75, 3.05) is 4.90 Å². The fourth-order valence-electron chi connectivity index (χ4n) is 8.29.